The van der Waals surface area contributed by atoms with Crippen LogP contribution in [0.25, 0.3) is 5.65 Å². The Balaban J connectivity index is 1.63. The lowest BCUT2D eigenvalue weighted by molar-refractivity contribution is 0.0792. The lowest BCUT2D eigenvalue weighted by Gasteiger charge is -2.19. The number of aromatic nitrogens is 3. The van der Waals surface area contributed by atoms with Gasteiger partial charge in [0.2, 0.25) is 0 Å². The summed E-state index contributed by atoms with van der Waals surface area (Å²) >= 11 is 0. The van der Waals surface area contributed by atoms with Gasteiger partial charge < -0.3 is 9.80 Å². The zero-order chi connectivity index (χ0) is 16.7. The van der Waals surface area contributed by atoms with Crippen molar-refractivity contribution in [3.63, 3.8) is 0 Å². The summed E-state index contributed by atoms with van der Waals surface area (Å²) in [5, 5.41) is 8.73. The van der Waals surface area contributed by atoms with E-state index in [1.807, 2.05) is 27.6 Å². The molecule has 4 heterocycles. The van der Waals surface area contributed by atoms with Crippen LogP contribution in [0.4, 0.5) is 0 Å². The van der Waals surface area contributed by atoms with E-state index in [0.717, 1.165) is 62.5 Å². The normalized spacial score (nSPS) is 22.1. The van der Waals surface area contributed by atoms with E-state index in [9.17, 15) is 4.79 Å². The summed E-state index contributed by atoms with van der Waals surface area (Å²) in [6.07, 6.45) is 5.25. The van der Waals surface area contributed by atoms with Crippen LogP contribution in [-0.4, -0.2) is 62.5 Å². The first kappa shape index (κ1) is 15.6. The highest BCUT2D eigenvalue weighted by Gasteiger charge is 2.29. The molecule has 0 bridgehead atoms. The average molecular weight is 327 g/mol. The Morgan fingerprint density at radius 1 is 1.17 bits per heavy atom. The van der Waals surface area contributed by atoms with E-state index in [0.29, 0.717) is 12.0 Å². The van der Waals surface area contributed by atoms with Crippen LogP contribution in [0.3, 0.4) is 0 Å². The van der Waals surface area contributed by atoms with E-state index in [4.69, 9.17) is 0 Å². The lowest BCUT2D eigenvalue weighted by Crippen LogP contribution is -2.28. The van der Waals surface area contributed by atoms with Crippen molar-refractivity contribution in [2.45, 2.75) is 45.1 Å². The molecule has 0 aromatic carbocycles. The van der Waals surface area contributed by atoms with Gasteiger partial charge in [0.1, 0.15) is 5.82 Å². The maximum Gasteiger partial charge on any atom is 0.255 e. The van der Waals surface area contributed by atoms with Crippen LogP contribution in [0.1, 0.15) is 55.2 Å². The van der Waals surface area contributed by atoms with Gasteiger partial charge in [-0.15, -0.1) is 10.2 Å². The zero-order valence-corrected chi connectivity index (χ0v) is 14.5. The predicted molar refractivity (Wildman–Crippen MR) is 92.2 cm³/mol. The number of fused-ring (bicyclic) bond motifs is 1. The molecule has 128 valence electrons. The first-order valence-electron chi connectivity index (χ1n) is 9.01. The van der Waals surface area contributed by atoms with Gasteiger partial charge in [-0.1, -0.05) is 0 Å². The van der Waals surface area contributed by atoms with Gasteiger partial charge >= 0.3 is 0 Å². The number of nitrogens with zero attached hydrogens (tertiary/aromatic N) is 5. The third-order valence-electron chi connectivity index (χ3n) is 5.38. The molecule has 1 amide bonds. The molecule has 6 nitrogen and oxygen atoms in total. The summed E-state index contributed by atoms with van der Waals surface area (Å²) in [5.74, 6) is 1.51. The molecular weight excluding hydrogens is 302 g/mol. The Morgan fingerprint density at radius 3 is 2.67 bits per heavy atom. The smallest absolute Gasteiger partial charge is 0.255 e. The summed E-state index contributed by atoms with van der Waals surface area (Å²) in [7, 11) is 0. The molecule has 4 rings (SSSR count). The van der Waals surface area contributed by atoms with Crippen LogP contribution in [0.15, 0.2) is 18.3 Å². The topological polar surface area (TPSA) is 53.7 Å². The maximum absolute atomic E-state index is 12.7. The first-order valence-corrected chi connectivity index (χ1v) is 9.01. The Hall–Kier alpha value is -1.95. The maximum atomic E-state index is 12.7. The van der Waals surface area contributed by atoms with Gasteiger partial charge in [-0.05, 0) is 51.8 Å². The van der Waals surface area contributed by atoms with Gasteiger partial charge in [0.05, 0.1) is 5.56 Å². The Morgan fingerprint density at radius 2 is 1.96 bits per heavy atom. The second kappa shape index (κ2) is 6.16. The number of pyridine rings is 1. The van der Waals surface area contributed by atoms with Gasteiger partial charge in [-0.3, -0.25) is 9.20 Å². The number of rotatable bonds is 3. The minimum absolute atomic E-state index is 0.129. The number of likely N-dealkylation sites (tertiary alicyclic amines) is 2. The van der Waals surface area contributed by atoms with E-state index < -0.39 is 0 Å². The highest BCUT2D eigenvalue weighted by Crippen LogP contribution is 2.27. The van der Waals surface area contributed by atoms with E-state index in [1.54, 1.807) is 0 Å². The first-order chi connectivity index (χ1) is 11.6. The molecule has 6 heteroatoms. The molecule has 0 N–H and O–H groups in total. The lowest BCUT2D eigenvalue weighted by atomic mass is 10.1. The van der Waals surface area contributed by atoms with Crippen LogP contribution in [0, 0.1) is 0 Å². The van der Waals surface area contributed by atoms with Crippen LogP contribution >= 0.6 is 0 Å². The fourth-order valence-corrected chi connectivity index (χ4v) is 3.88. The molecular formula is C18H25N5O. The predicted octanol–water partition coefficient (Wildman–Crippen LogP) is 2.16. The number of carbonyl (C=O) groups excluding carboxylic acids is 1. The molecule has 2 aliphatic rings. The summed E-state index contributed by atoms with van der Waals surface area (Å²) in [5.41, 5.74) is 1.56. The van der Waals surface area contributed by atoms with Crippen molar-refractivity contribution in [1.29, 1.82) is 0 Å². The largest absolute Gasteiger partial charge is 0.339 e. The molecule has 0 saturated carbocycles. The number of amides is 1. The highest BCUT2D eigenvalue weighted by atomic mass is 16.2. The van der Waals surface area contributed by atoms with Gasteiger partial charge in [0.15, 0.2) is 5.65 Å². The Kier molecular flexibility index (Phi) is 4.00. The molecule has 2 aliphatic heterocycles. The number of hydrogen-bond donors (Lipinski definition) is 0. The molecule has 2 fully saturated rings. The van der Waals surface area contributed by atoms with Gasteiger partial charge in [-0.2, -0.15) is 0 Å². The van der Waals surface area contributed by atoms with E-state index in [2.05, 4.69) is 28.9 Å². The van der Waals surface area contributed by atoms with Crippen molar-refractivity contribution in [3.05, 3.63) is 29.7 Å². The summed E-state index contributed by atoms with van der Waals surface area (Å²) < 4.78 is 2.03. The quantitative estimate of drug-likeness (QED) is 0.867. The zero-order valence-electron chi connectivity index (χ0n) is 14.5. The van der Waals surface area contributed by atoms with Crippen molar-refractivity contribution >= 4 is 11.6 Å². The summed E-state index contributed by atoms with van der Waals surface area (Å²) in [4.78, 5) is 17.1. The second-order valence-electron chi connectivity index (χ2n) is 7.28. The monoisotopic (exact) mass is 327 g/mol. The molecule has 24 heavy (non-hydrogen) atoms. The third kappa shape index (κ3) is 2.69. The SMILES string of the molecule is CC(C)N1CC[C@H](c2nnc3ccc(C(=O)N4CCCC4)cn23)C1. The second-order valence-corrected chi connectivity index (χ2v) is 7.28. The van der Waals surface area contributed by atoms with Gasteiger partial charge in [0, 0.05) is 37.8 Å². The highest BCUT2D eigenvalue weighted by molar-refractivity contribution is 5.94. The number of hydrogen-bond acceptors (Lipinski definition) is 4. The molecule has 0 unspecified atom stereocenters. The van der Waals surface area contributed by atoms with Crippen molar-refractivity contribution in [2.24, 2.45) is 0 Å². The summed E-state index contributed by atoms with van der Waals surface area (Å²) in [6, 6.07) is 4.35. The van der Waals surface area contributed by atoms with E-state index >= 15 is 0 Å². The van der Waals surface area contributed by atoms with Crippen molar-refractivity contribution < 1.29 is 4.79 Å². The molecule has 0 spiro atoms. The third-order valence-corrected chi connectivity index (χ3v) is 5.38. The standard InChI is InChI=1S/C18H25N5O/c1-13(2)22-10-7-14(11-22)17-20-19-16-6-5-15(12-23(16)17)18(24)21-8-3-4-9-21/h5-6,12-14H,3-4,7-11H2,1-2H3/t14-/m0/s1. The van der Waals surface area contributed by atoms with Gasteiger partial charge in [0.25, 0.3) is 5.91 Å². The molecule has 1 atom stereocenters. The fraction of sp³-hybridized carbons (Fsp3) is 0.611. The minimum atomic E-state index is 0.129. The van der Waals surface area contributed by atoms with Crippen molar-refractivity contribution in [3.8, 4) is 0 Å². The van der Waals surface area contributed by atoms with Crippen molar-refractivity contribution in [2.75, 3.05) is 26.2 Å². The molecule has 2 aromatic rings. The van der Waals surface area contributed by atoms with Crippen LogP contribution in [0.2, 0.25) is 0 Å². The van der Waals surface area contributed by atoms with Crippen LogP contribution < -0.4 is 0 Å². The van der Waals surface area contributed by atoms with E-state index in [1.165, 1.54) is 0 Å². The minimum Gasteiger partial charge on any atom is -0.339 e. The van der Waals surface area contributed by atoms with Crippen molar-refractivity contribution in [1.82, 2.24) is 24.4 Å². The van der Waals surface area contributed by atoms with Gasteiger partial charge in [-0.25, -0.2) is 0 Å². The molecule has 2 saturated heterocycles. The molecule has 2 aromatic heterocycles. The fourth-order valence-electron chi connectivity index (χ4n) is 3.88. The summed E-state index contributed by atoms with van der Waals surface area (Å²) in [6.45, 7) is 8.33. The van der Waals surface area contributed by atoms with Crippen LogP contribution in [-0.2, 0) is 0 Å². The Bertz CT molecular complexity index is 747. The van der Waals surface area contributed by atoms with E-state index in [-0.39, 0.29) is 5.91 Å². The van der Waals surface area contributed by atoms with Crippen LogP contribution in [0.5, 0.6) is 0 Å². The number of carbonyl (C=O) groups is 1. The molecule has 0 radical (unpaired) electrons. The molecule has 0 aliphatic carbocycles. The Labute approximate surface area is 142 Å². The average Bonchev–Trinajstić information content (AvgIpc) is 3.31.